The summed E-state index contributed by atoms with van der Waals surface area (Å²) in [6.07, 6.45) is 1.44. The fourth-order valence-electron chi connectivity index (χ4n) is 3.02. The van der Waals surface area contributed by atoms with Crippen LogP contribution in [-0.2, 0) is 0 Å². The summed E-state index contributed by atoms with van der Waals surface area (Å²) in [4.78, 5) is 8.92. The van der Waals surface area contributed by atoms with Crippen molar-refractivity contribution in [2.24, 2.45) is 0 Å². The van der Waals surface area contributed by atoms with Crippen molar-refractivity contribution in [2.45, 2.75) is 25.6 Å². The second-order valence-corrected chi connectivity index (χ2v) is 6.60. The normalized spacial score (nSPS) is 20.0. The Morgan fingerprint density at radius 1 is 1.31 bits per heavy atom. The van der Waals surface area contributed by atoms with Crippen LogP contribution in [0.25, 0.3) is 16.9 Å². The number of nitrogens with one attached hydrogen (secondary N) is 2. The molecule has 0 unspecified atom stereocenters. The van der Waals surface area contributed by atoms with E-state index in [-0.39, 0.29) is 18.4 Å². The summed E-state index contributed by atoms with van der Waals surface area (Å²) in [6, 6.07) is 7.14. The van der Waals surface area contributed by atoms with Gasteiger partial charge >= 0.3 is 0 Å². The van der Waals surface area contributed by atoms with Crippen LogP contribution in [0.2, 0.25) is 5.02 Å². The molecule has 0 spiro atoms. The highest BCUT2D eigenvalue weighted by molar-refractivity contribution is 6.30. The number of anilines is 1. The van der Waals surface area contributed by atoms with E-state index in [1.807, 2.05) is 31.2 Å². The number of nitrogens with zero attached hydrogens (tertiary/aromatic N) is 4. The summed E-state index contributed by atoms with van der Waals surface area (Å²) in [5, 5.41) is 11.3. The minimum atomic E-state index is -0.965. The second kappa shape index (κ2) is 7.73. The SMILES string of the molecule is Cc1nc(-c2ccc(Cl)cc2)n2nc(N[C@@H]3CCNC[C@H]3F)ncc12.Cl. The van der Waals surface area contributed by atoms with Gasteiger partial charge in [0.15, 0.2) is 5.82 Å². The zero-order chi connectivity index (χ0) is 17.4. The Balaban J connectivity index is 0.00000196. The molecule has 0 radical (unpaired) electrons. The van der Waals surface area contributed by atoms with Crippen molar-refractivity contribution >= 4 is 35.5 Å². The molecule has 1 aromatic carbocycles. The summed E-state index contributed by atoms with van der Waals surface area (Å²) in [7, 11) is 0. The molecule has 1 saturated heterocycles. The van der Waals surface area contributed by atoms with Crippen molar-refractivity contribution in [3.05, 3.63) is 41.2 Å². The molecule has 6 nitrogen and oxygen atoms in total. The molecule has 0 saturated carbocycles. The van der Waals surface area contributed by atoms with Crippen LogP contribution in [-0.4, -0.2) is 44.9 Å². The molecule has 1 aliphatic rings. The third kappa shape index (κ3) is 3.60. The highest BCUT2D eigenvalue weighted by atomic mass is 35.5. The van der Waals surface area contributed by atoms with Crippen LogP contribution in [0.4, 0.5) is 10.3 Å². The molecular weight excluding hydrogens is 378 g/mol. The molecule has 0 amide bonds. The largest absolute Gasteiger partial charge is 0.347 e. The maximum atomic E-state index is 14.0. The van der Waals surface area contributed by atoms with Gasteiger partial charge in [0, 0.05) is 17.1 Å². The molecule has 1 fully saturated rings. The van der Waals surface area contributed by atoms with Gasteiger partial charge in [0.2, 0.25) is 5.95 Å². The Morgan fingerprint density at radius 3 is 2.81 bits per heavy atom. The molecule has 138 valence electrons. The van der Waals surface area contributed by atoms with Crippen molar-refractivity contribution in [1.29, 1.82) is 0 Å². The first-order chi connectivity index (χ1) is 12.1. The molecule has 0 aliphatic carbocycles. The van der Waals surface area contributed by atoms with Crippen LogP contribution >= 0.6 is 24.0 Å². The topological polar surface area (TPSA) is 67.1 Å². The summed E-state index contributed by atoms with van der Waals surface area (Å²) in [5.41, 5.74) is 2.56. The van der Waals surface area contributed by atoms with Crippen molar-refractivity contribution in [2.75, 3.05) is 18.4 Å². The molecular formula is C17H19Cl2FN6. The number of alkyl halides is 1. The molecule has 0 bridgehead atoms. The molecule has 3 aromatic rings. The van der Waals surface area contributed by atoms with E-state index in [1.165, 1.54) is 0 Å². The summed E-state index contributed by atoms with van der Waals surface area (Å²) in [6.45, 7) is 3.04. The lowest BCUT2D eigenvalue weighted by atomic mass is 10.1. The van der Waals surface area contributed by atoms with Gasteiger partial charge in [-0.2, -0.15) is 0 Å². The van der Waals surface area contributed by atoms with Crippen molar-refractivity contribution in [3.63, 3.8) is 0 Å². The zero-order valence-electron chi connectivity index (χ0n) is 14.1. The van der Waals surface area contributed by atoms with Crippen LogP contribution in [0.1, 0.15) is 12.1 Å². The number of halogens is 3. The van der Waals surface area contributed by atoms with Gasteiger partial charge in [-0.3, -0.25) is 0 Å². The summed E-state index contributed by atoms with van der Waals surface area (Å²) >= 11 is 5.97. The number of benzene rings is 1. The Labute approximate surface area is 161 Å². The highest BCUT2D eigenvalue weighted by Crippen LogP contribution is 2.23. The number of hydrogen-bond donors (Lipinski definition) is 2. The summed E-state index contributed by atoms with van der Waals surface area (Å²) in [5.74, 6) is 1.10. The molecule has 3 heterocycles. The van der Waals surface area contributed by atoms with Gasteiger partial charge in [-0.1, -0.05) is 11.6 Å². The molecule has 2 N–H and O–H groups in total. The molecule has 9 heteroatoms. The molecule has 4 rings (SSSR count). The van der Waals surface area contributed by atoms with E-state index in [4.69, 9.17) is 11.6 Å². The second-order valence-electron chi connectivity index (χ2n) is 6.17. The lowest BCUT2D eigenvalue weighted by molar-refractivity contribution is 0.244. The zero-order valence-corrected chi connectivity index (χ0v) is 15.7. The van der Waals surface area contributed by atoms with E-state index < -0.39 is 6.17 Å². The minimum Gasteiger partial charge on any atom is -0.347 e. The van der Waals surface area contributed by atoms with E-state index in [0.29, 0.717) is 29.8 Å². The monoisotopic (exact) mass is 396 g/mol. The van der Waals surface area contributed by atoms with Gasteiger partial charge in [-0.05, 0) is 44.2 Å². The number of aryl methyl sites for hydroxylation is 1. The van der Waals surface area contributed by atoms with Crippen LogP contribution in [0.15, 0.2) is 30.5 Å². The maximum Gasteiger partial charge on any atom is 0.241 e. The predicted octanol–water partition coefficient (Wildman–Crippen LogP) is 3.29. The van der Waals surface area contributed by atoms with Gasteiger partial charge in [0.05, 0.1) is 17.9 Å². The van der Waals surface area contributed by atoms with Crippen molar-refractivity contribution < 1.29 is 4.39 Å². The maximum absolute atomic E-state index is 14.0. The highest BCUT2D eigenvalue weighted by Gasteiger charge is 2.25. The van der Waals surface area contributed by atoms with Crippen LogP contribution in [0, 0.1) is 6.92 Å². The summed E-state index contributed by atoms with van der Waals surface area (Å²) < 4.78 is 15.8. The molecule has 1 aliphatic heterocycles. The van der Waals surface area contributed by atoms with Gasteiger partial charge in [0.25, 0.3) is 0 Å². The average molecular weight is 397 g/mol. The van der Waals surface area contributed by atoms with Gasteiger partial charge in [-0.15, -0.1) is 17.5 Å². The van der Waals surface area contributed by atoms with E-state index in [0.717, 1.165) is 23.3 Å². The van der Waals surface area contributed by atoms with Crippen LogP contribution in [0.3, 0.4) is 0 Å². The fraction of sp³-hybridized carbons (Fsp3) is 0.353. The van der Waals surface area contributed by atoms with Gasteiger partial charge in [-0.25, -0.2) is 18.9 Å². The first kappa shape index (κ1) is 18.8. The average Bonchev–Trinajstić information content (AvgIpc) is 2.94. The number of rotatable bonds is 3. The Hall–Kier alpha value is -1.96. The predicted molar refractivity (Wildman–Crippen MR) is 103 cm³/mol. The van der Waals surface area contributed by atoms with Crippen LogP contribution in [0.5, 0.6) is 0 Å². The first-order valence-corrected chi connectivity index (χ1v) is 8.59. The standard InChI is InChI=1S/C17H18ClFN6.ClH/c1-10-15-9-21-17(23-14-6-7-20-8-13(14)19)24-25(15)16(22-10)11-2-4-12(18)5-3-11;/h2-5,9,13-14,20H,6-8H2,1H3,(H,23,24);1H/t13-,14-;/m1./s1. The first-order valence-electron chi connectivity index (χ1n) is 8.21. The van der Waals surface area contributed by atoms with Crippen molar-refractivity contribution in [1.82, 2.24) is 24.9 Å². The number of fused-ring (bicyclic) bond motifs is 1. The minimum absolute atomic E-state index is 0. The molecule has 26 heavy (non-hydrogen) atoms. The van der Waals surface area contributed by atoms with E-state index in [1.54, 1.807) is 10.7 Å². The van der Waals surface area contributed by atoms with Crippen molar-refractivity contribution in [3.8, 4) is 11.4 Å². The van der Waals surface area contributed by atoms with E-state index in [9.17, 15) is 4.39 Å². The third-order valence-electron chi connectivity index (χ3n) is 4.40. The molecule has 2 aromatic heterocycles. The quantitative estimate of drug-likeness (QED) is 0.710. The van der Waals surface area contributed by atoms with Gasteiger partial charge < -0.3 is 10.6 Å². The lowest BCUT2D eigenvalue weighted by Gasteiger charge is -2.27. The number of aromatic nitrogens is 4. The number of piperidine rings is 1. The van der Waals surface area contributed by atoms with Crippen LogP contribution < -0.4 is 10.6 Å². The lowest BCUT2D eigenvalue weighted by Crippen LogP contribution is -2.45. The van der Waals surface area contributed by atoms with E-state index >= 15 is 0 Å². The number of hydrogen-bond acceptors (Lipinski definition) is 5. The Bertz CT molecular complexity index is 898. The molecule has 2 atom stereocenters. The smallest absolute Gasteiger partial charge is 0.241 e. The van der Waals surface area contributed by atoms with Gasteiger partial charge in [0.1, 0.15) is 11.7 Å². The Morgan fingerprint density at radius 2 is 2.08 bits per heavy atom. The Kier molecular flexibility index (Phi) is 5.60. The third-order valence-corrected chi connectivity index (χ3v) is 4.65. The van der Waals surface area contributed by atoms with E-state index in [2.05, 4.69) is 25.7 Å². The fourth-order valence-corrected chi connectivity index (χ4v) is 3.15. The number of imidazole rings is 1.